The van der Waals surface area contributed by atoms with Gasteiger partial charge in [-0.2, -0.15) is 0 Å². The van der Waals surface area contributed by atoms with Gasteiger partial charge < -0.3 is 10.1 Å². The lowest BCUT2D eigenvalue weighted by Crippen LogP contribution is -2.28. The molecule has 0 saturated carbocycles. The molecule has 1 aliphatic heterocycles. The molecule has 0 radical (unpaired) electrons. The largest absolute Gasteiger partial charge is 0.494 e. The molecule has 1 aliphatic rings. The van der Waals surface area contributed by atoms with Crippen LogP contribution in [0.5, 0.6) is 5.75 Å². The maximum Gasteiger partial charge on any atom is 0.252 e. The van der Waals surface area contributed by atoms with E-state index in [0.29, 0.717) is 18.9 Å². The number of hydrogen-bond donors (Lipinski definition) is 1. The molecular formula is C19H19NO5S. The molecular weight excluding hydrogens is 354 g/mol. The molecule has 1 N–H and O–H groups in total. The van der Waals surface area contributed by atoms with Crippen molar-refractivity contribution in [3.05, 3.63) is 53.1 Å². The van der Waals surface area contributed by atoms with E-state index < -0.39 is 21.5 Å². The van der Waals surface area contributed by atoms with Crippen molar-refractivity contribution in [2.75, 3.05) is 13.2 Å². The van der Waals surface area contributed by atoms with E-state index in [1.54, 1.807) is 6.92 Å². The Balaban J connectivity index is 2.21. The average molecular weight is 373 g/mol. The Bertz CT molecular complexity index is 995. The number of carbonyl (C=O) groups is 2. The van der Waals surface area contributed by atoms with Crippen LogP contribution in [0.4, 0.5) is 0 Å². The number of nitrogens with one attached hydrogen (secondary N) is 1. The van der Waals surface area contributed by atoms with Crippen LogP contribution in [0.1, 0.15) is 46.5 Å². The molecule has 0 aliphatic carbocycles. The van der Waals surface area contributed by atoms with Gasteiger partial charge >= 0.3 is 0 Å². The molecule has 0 atom stereocenters. The standard InChI is InChI=1S/C19H19NO5S/c1-3-10-25-12-8-9-15-14(11-12)18(21)17-13(19(22)20-4-2)6-5-7-16(17)26(15,23)24/h5-9,11H,3-4,10H2,1-2H3,(H,20,22). The number of ether oxygens (including phenoxy) is 1. The van der Waals surface area contributed by atoms with Crippen molar-refractivity contribution in [2.45, 2.75) is 30.1 Å². The van der Waals surface area contributed by atoms with Crippen molar-refractivity contribution < 1.29 is 22.7 Å². The Morgan fingerprint density at radius 1 is 1.12 bits per heavy atom. The molecule has 0 spiro atoms. The molecule has 2 aromatic carbocycles. The number of carbonyl (C=O) groups excluding carboxylic acids is 2. The maximum absolute atomic E-state index is 13.1. The molecule has 2 aromatic rings. The van der Waals surface area contributed by atoms with E-state index in [2.05, 4.69) is 5.32 Å². The van der Waals surface area contributed by atoms with Gasteiger partial charge in [-0.05, 0) is 43.7 Å². The first kappa shape index (κ1) is 18.1. The third-order valence-electron chi connectivity index (χ3n) is 4.08. The molecule has 26 heavy (non-hydrogen) atoms. The van der Waals surface area contributed by atoms with Crippen LogP contribution in [0.2, 0.25) is 0 Å². The quantitative estimate of drug-likeness (QED) is 0.742. The van der Waals surface area contributed by atoms with E-state index in [-0.39, 0.29) is 26.5 Å². The predicted octanol–water partition coefficient (Wildman–Crippen LogP) is 2.60. The third-order valence-corrected chi connectivity index (χ3v) is 5.94. The van der Waals surface area contributed by atoms with Gasteiger partial charge in [-0.15, -0.1) is 0 Å². The van der Waals surface area contributed by atoms with Crippen LogP contribution < -0.4 is 10.1 Å². The van der Waals surface area contributed by atoms with Crippen LogP contribution in [0.25, 0.3) is 0 Å². The highest BCUT2D eigenvalue weighted by Crippen LogP contribution is 2.37. The van der Waals surface area contributed by atoms with Gasteiger partial charge in [-0.1, -0.05) is 13.0 Å². The number of ketones is 1. The van der Waals surface area contributed by atoms with Crippen molar-refractivity contribution in [1.29, 1.82) is 0 Å². The summed E-state index contributed by atoms with van der Waals surface area (Å²) < 4.78 is 31.5. The SMILES string of the molecule is CCCOc1ccc2c(c1)C(=O)c1c(C(=O)NCC)cccc1S2(=O)=O. The van der Waals surface area contributed by atoms with Crippen LogP contribution in [0, 0.1) is 0 Å². The maximum atomic E-state index is 13.1. The van der Waals surface area contributed by atoms with Crippen molar-refractivity contribution in [2.24, 2.45) is 0 Å². The molecule has 0 saturated heterocycles. The number of amides is 1. The summed E-state index contributed by atoms with van der Waals surface area (Å²) in [6.45, 7) is 4.52. The van der Waals surface area contributed by atoms with E-state index in [0.717, 1.165) is 6.42 Å². The fourth-order valence-corrected chi connectivity index (χ4v) is 4.57. The van der Waals surface area contributed by atoms with E-state index in [9.17, 15) is 18.0 Å². The third kappa shape index (κ3) is 2.88. The number of benzene rings is 2. The zero-order valence-electron chi connectivity index (χ0n) is 14.5. The summed E-state index contributed by atoms with van der Waals surface area (Å²) in [7, 11) is -3.90. The molecule has 0 unspecified atom stereocenters. The number of hydrogen-bond acceptors (Lipinski definition) is 5. The fraction of sp³-hybridized carbons (Fsp3) is 0.263. The normalized spacial score (nSPS) is 14.3. The minimum Gasteiger partial charge on any atom is -0.494 e. The molecule has 6 nitrogen and oxygen atoms in total. The molecule has 3 rings (SSSR count). The predicted molar refractivity (Wildman–Crippen MR) is 95.6 cm³/mol. The van der Waals surface area contributed by atoms with E-state index in [1.165, 1.54) is 36.4 Å². The zero-order valence-corrected chi connectivity index (χ0v) is 15.4. The Labute approximate surface area is 152 Å². The van der Waals surface area contributed by atoms with Crippen molar-refractivity contribution in [3.8, 4) is 5.75 Å². The van der Waals surface area contributed by atoms with Crippen LogP contribution in [0.15, 0.2) is 46.2 Å². The fourth-order valence-electron chi connectivity index (χ4n) is 2.92. The van der Waals surface area contributed by atoms with Crippen molar-refractivity contribution in [1.82, 2.24) is 5.32 Å². The molecule has 1 amide bonds. The minimum atomic E-state index is -3.90. The molecule has 1 heterocycles. The summed E-state index contributed by atoms with van der Waals surface area (Å²) in [4.78, 5) is 25.2. The molecule has 136 valence electrons. The van der Waals surface area contributed by atoms with Gasteiger partial charge in [0, 0.05) is 12.1 Å². The van der Waals surface area contributed by atoms with Gasteiger partial charge in [-0.25, -0.2) is 8.42 Å². The Hall–Kier alpha value is -2.67. The summed E-state index contributed by atoms with van der Waals surface area (Å²) in [5.41, 5.74) is 0.00453. The van der Waals surface area contributed by atoms with Crippen LogP contribution in [-0.4, -0.2) is 33.3 Å². The van der Waals surface area contributed by atoms with Gasteiger partial charge in [0.25, 0.3) is 5.91 Å². The van der Waals surface area contributed by atoms with Crippen molar-refractivity contribution >= 4 is 21.5 Å². The Kier molecular flexibility index (Phi) is 4.82. The lowest BCUT2D eigenvalue weighted by atomic mass is 9.97. The van der Waals surface area contributed by atoms with Crippen LogP contribution >= 0.6 is 0 Å². The first-order chi connectivity index (χ1) is 12.4. The summed E-state index contributed by atoms with van der Waals surface area (Å²) in [6, 6.07) is 8.64. The van der Waals surface area contributed by atoms with E-state index >= 15 is 0 Å². The van der Waals surface area contributed by atoms with Gasteiger partial charge in [0.15, 0.2) is 5.78 Å². The second kappa shape index (κ2) is 6.92. The highest BCUT2D eigenvalue weighted by Gasteiger charge is 2.37. The molecule has 0 fully saturated rings. The highest BCUT2D eigenvalue weighted by atomic mass is 32.2. The molecule has 0 aromatic heterocycles. The smallest absolute Gasteiger partial charge is 0.252 e. The molecule has 0 bridgehead atoms. The van der Waals surface area contributed by atoms with Crippen molar-refractivity contribution in [3.63, 3.8) is 0 Å². The first-order valence-electron chi connectivity index (χ1n) is 8.39. The highest BCUT2D eigenvalue weighted by molar-refractivity contribution is 7.91. The van der Waals surface area contributed by atoms with Gasteiger partial charge in [0.05, 0.1) is 27.5 Å². The summed E-state index contributed by atoms with van der Waals surface area (Å²) in [5, 5.41) is 2.61. The lowest BCUT2D eigenvalue weighted by molar-refractivity contribution is 0.0942. The summed E-state index contributed by atoms with van der Waals surface area (Å²) in [6.07, 6.45) is 0.785. The van der Waals surface area contributed by atoms with Gasteiger partial charge in [0.2, 0.25) is 9.84 Å². The Morgan fingerprint density at radius 2 is 1.88 bits per heavy atom. The second-order valence-electron chi connectivity index (χ2n) is 5.88. The number of fused-ring (bicyclic) bond motifs is 2. The van der Waals surface area contributed by atoms with Gasteiger partial charge in [0.1, 0.15) is 5.75 Å². The summed E-state index contributed by atoms with van der Waals surface area (Å²) >= 11 is 0. The minimum absolute atomic E-state index is 0.0304. The lowest BCUT2D eigenvalue weighted by Gasteiger charge is -2.21. The average Bonchev–Trinajstić information content (AvgIpc) is 2.64. The number of rotatable bonds is 5. The van der Waals surface area contributed by atoms with Crippen LogP contribution in [0.3, 0.4) is 0 Å². The van der Waals surface area contributed by atoms with E-state index in [4.69, 9.17) is 4.74 Å². The monoisotopic (exact) mass is 373 g/mol. The van der Waals surface area contributed by atoms with Crippen LogP contribution in [-0.2, 0) is 9.84 Å². The second-order valence-corrected chi connectivity index (χ2v) is 7.76. The topological polar surface area (TPSA) is 89.5 Å². The van der Waals surface area contributed by atoms with E-state index in [1.807, 2.05) is 6.92 Å². The van der Waals surface area contributed by atoms with Gasteiger partial charge in [-0.3, -0.25) is 9.59 Å². The Morgan fingerprint density at radius 3 is 2.58 bits per heavy atom. The first-order valence-corrected chi connectivity index (χ1v) is 9.88. The zero-order chi connectivity index (χ0) is 18.9. The summed E-state index contributed by atoms with van der Waals surface area (Å²) in [5.74, 6) is -0.545. The molecule has 7 heteroatoms. The number of sulfone groups is 1.